The van der Waals surface area contributed by atoms with Crippen molar-refractivity contribution in [3.05, 3.63) is 52.2 Å². The highest BCUT2D eigenvalue weighted by atomic mass is 35.5. The molecule has 2 heterocycles. The number of carbonyl (C=O) groups is 2. The number of benzene rings is 1. The van der Waals surface area contributed by atoms with E-state index >= 15 is 0 Å². The smallest absolute Gasteiger partial charge is 0.250 e. The monoisotopic (exact) mass is 344 g/mol. The van der Waals surface area contributed by atoms with Gasteiger partial charge in [0.25, 0.3) is 0 Å². The Balaban J connectivity index is 1.88. The lowest BCUT2D eigenvalue weighted by Gasteiger charge is -2.31. The van der Waals surface area contributed by atoms with E-state index in [-0.39, 0.29) is 11.5 Å². The zero-order valence-electron chi connectivity index (χ0n) is 13.2. The lowest BCUT2D eigenvalue weighted by atomic mass is 9.97. The quantitative estimate of drug-likeness (QED) is 0.894. The molecule has 124 valence electrons. The van der Waals surface area contributed by atoms with E-state index in [1.807, 2.05) is 23.1 Å². The van der Waals surface area contributed by atoms with Crippen LogP contribution in [0.3, 0.4) is 0 Å². The van der Waals surface area contributed by atoms with Crippen LogP contribution in [0.4, 0.5) is 11.5 Å². The molecule has 0 aliphatic carbocycles. The van der Waals surface area contributed by atoms with E-state index in [1.165, 1.54) is 19.2 Å². The predicted octanol–water partition coefficient (Wildman–Crippen LogP) is 2.36. The number of fused-ring (bicyclic) bond motifs is 1. The fraction of sp³-hybridized carbons (Fsp3) is 0.235. The van der Waals surface area contributed by atoms with Crippen LogP contribution >= 0.6 is 11.6 Å². The summed E-state index contributed by atoms with van der Waals surface area (Å²) in [7, 11) is 0. The highest BCUT2D eigenvalue weighted by Gasteiger charge is 2.22. The fourth-order valence-electron chi connectivity index (χ4n) is 2.90. The van der Waals surface area contributed by atoms with Crippen molar-refractivity contribution in [2.45, 2.75) is 19.9 Å². The Kier molecular flexibility index (Phi) is 4.40. The Hall–Kier alpha value is -2.60. The average Bonchev–Trinajstić information content (AvgIpc) is 2.54. The number of anilines is 2. The Morgan fingerprint density at radius 2 is 2.17 bits per heavy atom. The minimum atomic E-state index is -0.556. The van der Waals surface area contributed by atoms with Gasteiger partial charge in [0, 0.05) is 31.9 Å². The van der Waals surface area contributed by atoms with Crippen LogP contribution in [-0.4, -0.2) is 23.3 Å². The van der Waals surface area contributed by atoms with Gasteiger partial charge in [0.15, 0.2) is 0 Å². The number of hydrogen-bond donors (Lipinski definition) is 2. The third-order valence-corrected chi connectivity index (χ3v) is 4.26. The summed E-state index contributed by atoms with van der Waals surface area (Å²) in [5.74, 6) is -0.0188. The first-order chi connectivity index (χ1) is 11.5. The van der Waals surface area contributed by atoms with Crippen LogP contribution in [0.5, 0.6) is 0 Å². The summed E-state index contributed by atoms with van der Waals surface area (Å²) < 4.78 is 0. The molecule has 0 spiro atoms. The molecule has 1 aliphatic heterocycles. The average molecular weight is 345 g/mol. The first kappa shape index (κ1) is 16.3. The molecule has 24 heavy (non-hydrogen) atoms. The highest BCUT2D eigenvalue weighted by Crippen LogP contribution is 2.31. The molecule has 1 aromatic heterocycles. The Morgan fingerprint density at radius 1 is 1.38 bits per heavy atom. The normalized spacial score (nSPS) is 13.3. The number of halogens is 1. The van der Waals surface area contributed by atoms with Crippen molar-refractivity contribution in [3.63, 3.8) is 0 Å². The van der Waals surface area contributed by atoms with E-state index in [2.05, 4.69) is 10.3 Å². The molecule has 3 N–H and O–H groups in total. The second kappa shape index (κ2) is 6.49. The molecular formula is C17H17ClN4O2. The summed E-state index contributed by atoms with van der Waals surface area (Å²) in [4.78, 5) is 28.9. The number of nitrogens with zero attached hydrogens (tertiary/aromatic N) is 2. The molecule has 0 saturated carbocycles. The summed E-state index contributed by atoms with van der Waals surface area (Å²) >= 11 is 6.27. The molecule has 3 rings (SSSR count). The van der Waals surface area contributed by atoms with Crippen LogP contribution in [-0.2, 0) is 17.8 Å². The molecule has 6 nitrogen and oxygen atoms in total. The zero-order chi connectivity index (χ0) is 17.3. The molecule has 0 radical (unpaired) electrons. The number of rotatable bonds is 3. The molecule has 0 saturated heterocycles. The van der Waals surface area contributed by atoms with Crippen LogP contribution in [0.2, 0.25) is 5.02 Å². The van der Waals surface area contributed by atoms with Crippen molar-refractivity contribution in [2.24, 2.45) is 5.73 Å². The molecule has 1 aromatic carbocycles. The van der Waals surface area contributed by atoms with E-state index in [0.717, 1.165) is 23.2 Å². The Bertz CT molecular complexity index is 822. The molecule has 1 aliphatic rings. The van der Waals surface area contributed by atoms with E-state index in [0.29, 0.717) is 23.9 Å². The van der Waals surface area contributed by atoms with Gasteiger partial charge in [-0.1, -0.05) is 23.7 Å². The van der Waals surface area contributed by atoms with Crippen molar-refractivity contribution in [2.75, 3.05) is 16.8 Å². The third-order valence-electron chi connectivity index (χ3n) is 3.98. The molecule has 2 amide bonds. The maximum atomic E-state index is 11.3. The molecule has 0 atom stereocenters. The van der Waals surface area contributed by atoms with Gasteiger partial charge in [-0.25, -0.2) is 4.98 Å². The van der Waals surface area contributed by atoms with Crippen LogP contribution in [0.25, 0.3) is 0 Å². The van der Waals surface area contributed by atoms with Crippen molar-refractivity contribution in [1.29, 1.82) is 0 Å². The van der Waals surface area contributed by atoms with Crippen LogP contribution in [0.1, 0.15) is 28.4 Å². The van der Waals surface area contributed by atoms with Gasteiger partial charge in [0.05, 0.1) is 10.6 Å². The summed E-state index contributed by atoms with van der Waals surface area (Å²) in [5.41, 5.74) is 8.63. The molecular weight excluding hydrogens is 328 g/mol. The number of nitrogens with two attached hydrogens (primary N) is 1. The summed E-state index contributed by atoms with van der Waals surface area (Å²) in [6.07, 6.45) is 2.20. The van der Waals surface area contributed by atoms with Gasteiger partial charge in [-0.05, 0) is 29.7 Å². The minimum absolute atomic E-state index is 0.0856. The van der Waals surface area contributed by atoms with Crippen molar-refractivity contribution < 1.29 is 9.59 Å². The zero-order valence-corrected chi connectivity index (χ0v) is 13.9. The number of carbonyl (C=O) groups excluding carboxylic acids is 2. The van der Waals surface area contributed by atoms with Gasteiger partial charge in [-0.15, -0.1) is 0 Å². The number of hydrogen-bond acceptors (Lipinski definition) is 4. The number of primary amides is 1. The Labute approximate surface area is 144 Å². The van der Waals surface area contributed by atoms with Crippen molar-refractivity contribution >= 4 is 34.9 Å². The summed E-state index contributed by atoms with van der Waals surface area (Å²) in [5, 5.41) is 3.26. The van der Waals surface area contributed by atoms with Gasteiger partial charge in [0.2, 0.25) is 11.8 Å². The maximum Gasteiger partial charge on any atom is 0.250 e. The van der Waals surface area contributed by atoms with Crippen LogP contribution in [0.15, 0.2) is 30.5 Å². The van der Waals surface area contributed by atoms with Gasteiger partial charge in [0.1, 0.15) is 5.82 Å². The number of nitrogens with one attached hydrogen (secondary N) is 1. The molecule has 0 unspecified atom stereocenters. The topological polar surface area (TPSA) is 88.3 Å². The van der Waals surface area contributed by atoms with E-state index in [4.69, 9.17) is 17.3 Å². The van der Waals surface area contributed by atoms with E-state index in [1.54, 1.807) is 0 Å². The maximum absolute atomic E-state index is 11.3. The van der Waals surface area contributed by atoms with Gasteiger partial charge in [-0.2, -0.15) is 0 Å². The van der Waals surface area contributed by atoms with Crippen molar-refractivity contribution in [3.8, 4) is 0 Å². The first-order valence-corrected chi connectivity index (χ1v) is 7.92. The van der Waals surface area contributed by atoms with E-state index in [9.17, 15) is 9.59 Å². The second-order valence-corrected chi connectivity index (χ2v) is 6.10. The number of pyridine rings is 1. The second-order valence-electron chi connectivity index (χ2n) is 5.69. The Morgan fingerprint density at radius 3 is 2.83 bits per heavy atom. The van der Waals surface area contributed by atoms with Crippen LogP contribution in [0, 0.1) is 0 Å². The summed E-state index contributed by atoms with van der Waals surface area (Å²) in [6.45, 7) is 2.84. The van der Waals surface area contributed by atoms with Gasteiger partial charge < -0.3 is 16.0 Å². The largest absolute Gasteiger partial charge is 0.366 e. The SMILES string of the molecule is CC(=O)Nc1cccc2c1CCN(c1ncc(C(N)=O)cc1Cl)C2. The fourth-order valence-corrected chi connectivity index (χ4v) is 3.18. The van der Waals surface area contributed by atoms with E-state index < -0.39 is 5.91 Å². The van der Waals surface area contributed by atoms with Gasteiger partial charge in [-0.3, -0.25) is 9.59 Å². The lowest BCUT2D eigenvalue weighted by Crippen LogP contribution is -2.32. The standard InChI is InChI=1S/C17H17ClN4O2/c1-10(23)21-15-4-2-3-11-9-22(6-5-13(11)15)17-14(18)7-12(8-20-17)16(19)24/h2-4,7-8H,5-6,9H2,1H3,(H2,19,24)(H,21,23). The molecule has 2 aromatic rings. The number of amides is 2. The predicted molar refractivity (Wildman–Crippen MR) is 93.3 cm³/mol. The van der Waals surface area contributed by atoms with Crippen molar-refractivity contribution in [1.82, 2.24) is 4.98 Å². The van der Waals surface area contributed by atoms with Crippen LogP contribution < -0.4 is 16.0 Å². The summed E-state index contributed by atoms with van der Waals surface area (Å²) in [6, 6.07) is 7.38. The molecule has 7 heteroatoms. The third kappa shape index (κ3) is 3.19. The first-order valence-electron chi connectivity index (χ1n) is 7.54. The molecule has 0 fully saturated rings. The number of aromatic nitrogens is 1. The lowest BCUT2D eigenvalue weighted by molar-refractivity contribution is -0.114. The van der Waals surface area contributed by atoms with Gasteiger partial charge >= 0.3 is 0 Å². The highest BCUT2D eigenvalue weighted by molar-refractivity contribution is 6.33. The molecule has 0 bridgehead atoms. The minimum Gasteiger partial charge on any atom is -0.366 e.